The normalized spacial score (nSPS) is 17.9. The lowest BCUT2D eigenvalue weighted by Crippen LogP contribution is -2.49. The molecule has 1 aliphatic heterocycles. The molecule has 1 aromatic heterocycles. The number of quaternary nitrogens is 1. The molecule has 0 aliphatic carbocycles. The van der Waals surface area contributed by atoms with Crippen molar-refractivity contribution in [3.05, 3.63) is 11.8 Å². The molecule has 0 N–H and O–H groups in total. The van der Waals surface area contributed by atoms with Gasteiger partial charge in [0.15, 0.2) is 0 Å². The summed E-state index contributed by atoms with van der Waals surface area (Å²) in [5.41, 5.74) is 2.02. The molecule has 6 nitrogen and oxygen atoms in total. The van der Waals surface area contributed by atoms with Crippen LogP contribution in [0.25, 0.3) is 5.57 Å². The second-order valence-corrected chi connectivity index (χ2v) is 11.0. The Hall–Kier alpha value is -1.47. The van der Waals surface area contributed by atoms with E-state index in [9.17, 15) is 4.79 Å². The van der Waals surface area contributed by atoms with Crippen LogP contribution in [0.2, 0.25) is 0 Å². The van der Waals surface area contributed by atoms with Crippen LogP contribution in [-0.2, 0) is 9.53 Å². The molecular weight excluding hydrogens is 458 g/mol. The van der Waals surface area contributed by atoms with Gasteiger partial charge >= 0.3 is 5.97 Å². The van der Waals surface area contributed by atoms with E-state index in [2.05, 4.69) is 35.7 Å². The van der Waals surface area contributed by atoms with Crippen LogP contribution in [0, 0.1) is 0 Å². The maximum Gasteiger partial charge on any atom is 0.310 e. The van der Waals surface area contributed by atoms with Gasteiger partial charge in [0.2, 0.25) is 6.73 Å². The monoisotopic (exact) mass is 508 g/mol. The highest BCUT2D eigenvalue weighted by molar-refractivity contribution is 6.99. The number of carbonyl (C=O) groups excluding carboxylic acids is 1. The Labute approximate surface area is 218 Å². The predicted molar refractivity (Wildman–Crippen MR) is 145 cm³/mol. The SMILES string of the molecule is CCCCCCCCCCCCC(=O)OC[N+]1(C)CCC=C(c2nsnc2OCCCCCC)C1. The summed E-state index contributed by atoms with van der Waals surface area (Å²) in [6.07, 6.45) is 21.1. The Morgan fingerprint density at radius 2 is 1.54 bits per heavy atom. The lowest BCUT2D eigenvalue weighted by atomic mass is 10.1. The van der Waals surface area contributed by atoms with Gasteiger partial charge in [-0.3, -0.25) is 9.28 Å². The molecule has 7 heteroatoms. The molecule has 0 fully saturated rings. The number of aromatic nitrogens is 2. The molecule has 0 bridgehead atoms. The lowest BCUT2D eigenvalue weighted by Gasteiger charge is -2.36. The third-order valence-corrected chi connectivity index (χ3v) is 7.39. The van der Waals surface area contributed by atoms with Crippen molar-refractivity contribution in [3.8, 4) is 5.88 Å². The van der Waals surface area contributed by atoms with Crippen LogP contribution in [0.15, 0.2) is 6.08 Å². The summed E-state index contributed by atoms with van der Waals surface area (Å²) in [7, 11) is 2.16. The number of nitrogens with zero attached hydrogens (tertiary/aromatic N) is 3. The number of carbonyl (C=O) groups is 1. The number of rotatable bonds is 20. The van der Waals surface area contributed by atoms with Crippen molar-refractivity contribution in [2.24, 2.45) is 0 Å². The summed E-state index contributed by atoms with van der Waals surface area (Å²) in [5.74, 6) is 0.593. The third kappa shape index (κ3) is 12.4. The van der Waals surface area contributed by atoms with Crippen molar-refractivity contribution in [2.75, 3.05) is 33.5 Å². The number of likely N-dealkylation sites (N-methyl/N-ethyl adjacent to an activating group) is 1. The van der Waals surface area contributed by atoms with Gasteiger partial charge in [-0.05, 0) is 12.8 Å². The van der Waals surface area contributed by atoms with E-state index in [1.165, 1.54) is 82.4 Å². The van der Waals surface area contributed by atoms with Gasteiger partial charge in [-0.2, -0.15) is 4.37 Å². The highest BCUT2D eigenvalue weighted by Crippen LogP contribution is 2.30. The number of hydrogen-bond acceptors (Lipinski definition) is 6. The maximum atomic E-state index is 12.3. The van der Waals surface area contributed by atoms with E-state index >= 15 is 0 Å². The first kappa shape index (κ1) is 29.8. The number of ether oxygens (including phenoxy) is 2. The largest absolute Gasteiger partial charge is 0.475 e. The molecular formula is C28H50N3O3S+. The molecule has 0 spiro atoms. The first-order chi connectivity index (χ1) is 17.1. The lowest BCUT2D eigenvalue weighted by molar-refractivity contribution is -0.919. The van der Waals surface area contributed by atoms with E-state index in [1.54, 1.807) is 0 Å². The van der Waals surface area contributed by atoms with Crippen LogP contribution in [0.5, 0.6) is 5.88 Å². The second kappa shape index (κ2) is 17.9. The van der Waals surface area contributed by atoms with Crippen LogP contribution in [0.4, 0.5) is 0 Å². The molecule has 2 rings (SSSR count). The minimum atomic E-state index is -0.0635. The first-order valence-electron chi connectivity index (χ1n) is 14.2. The highest BCUT2D eigenvalue weighted by Gasteiger charge is 2.31. The first-order valence-corrected chi connectivity index (χ1v) is 14.9. The number of esters is 1. The fourth-order valence-electron chi connectivity index (χ4n) is 4.61. The van der Waals surface area contributed by atoms with Crippen LogP contribution in [-0.4, -0.2) is 52.7 Å². The van der Waals surface area contributed by atoms with Crippen molar-refractivity contribution < 1.29 is 18.8 Å². The number of unbranched alkanes of at least 4 members (excludes halogenated alkanes) is 12. The van der Waals surface area contributed by atoms with E-state index in [4.69, 9.17) is 9.47 Å². The van der Waals surface area contributed by atoms with Gasteiger partial charge in [-0.15, -0.1) is 4.37 Å². The minimum absolute atomic E-state index is 0.0635. The summed E-state index contributed by atoms with van der Waals surface area (Å²) in [6.45, 7) is 7.31. The fourth-order valence-corrected chi connectivity index (χ4v) is 5.14. The average molecular weight is 509 g/mol. The maximum absolute atomic E-state index is 12.3. The molecule has 0 aromatic carbocycles. The molecule has 2 heterocycles. The van der Waals surface area contributed by atoms with E-state index in [0.29, 0.717) is 30.1 Å². The van der Waals surface area contributed by atoms with Crippen LogP contribution in [0.1, 0.15) is 122 Å². The summed E-state index contributed by atoms with van der Waals surface area (Å²) < 4.78 is 21.2. The smallest absolute Gasteiger partial charge is 0.310 e. The van der Waals surface area contributed by atoms with E-state index in [0.717, 1.165) is 50.0 Å². The summed E-state index contributed by atoms with van der Waals surface area (Å²) in [6, 6.07) is 0. The fraction of sp³-hybridized carbons (Fsp3) is 0.821. The van der Waals surface area contributed by atoms with Gasteiger partial charge in [-0.1, -0.05) is 97.0 Å². The molecule has 1 aliphatic rings. The van der Waals surface area contributed by atoms with Gasteiger partial charge in [0.25, 0.3) is 5.88 Å². The minimum Gasteiger partial charge on any atom is -0.475 e. The molecule has 1 atom stereocenters. The Bertz CT molecular complexity index is 737. The van der Waals surface area contributed by atoms with Crippen molar-refractivity contribution in [1.29, 1.82) is 0 Å². The van der Waals surface area contributed by atoms with Crippen LogP contribution in [0.3, 0.4) is 0 Å². The molecule has 0 radical (unpaired) electrons. The zero-order valence-electron chi connectivity index (χ0n) is 22.7. The molecule has 1 aromatic rings. The van der Waals surface area contributed by atoms with Crippen molar-refractivity contribution in [3.63, 3.8) is 0 Å². The quantitative estimate of drug-likeness (QED) is 0.103. The second-order valence-electron chi connectivity index (χ2n) is 10.4. The summed E-state index contributed by atoms with van der Waals surface area (Å²) >= 11 is 1.21. The van der Waals surface area contributed by atoms with Gasteiger partial charge in [0, 0.05) is 18.4 Å². The van der Waals surface area contributed by atoms with E-state index in [1.807, 2.05) is 0 Å². The number of hydrogen-bond donors (Lipinski definition) is 0. The van der Waals surface area contributed by atoms with Crippen molar-refractivity contribution in [2.45, 2.75) is 117 Å². The standard InChI is InChI=1S/C28H50N3O3S/c1-4-6-8-10-11-12-13-14-15-16-20-26(32)34-24-31(3)21-18-19-25(23-31)27-28(30-35-29-27)33-22-17-9-7-5-2/h19H,4-18,20-24H2,1-3H3/q+1. The third-order valence-electron chi connectivity index (χ3n) is 6.88. The summed E-state index contributed by atoms with van der Waals surface area (Å²) in [4.78, 5) is 12.3. The molecule has 200 valence electrons. The predicted octanol–water partition coefficient (Wildman–Crippen LogP) is 7.54. The van der Waals surface area contributed by atoms with Crippen LogP contribution >= 0.6 is 11.7 Å². The molecule has 0 saturated carbocycles. The van der Waals surface area contributed by atoms with Crippen molar-refractivity contribution >= 4 is 23.3 Å². The Morgan fingerprint density at radius 3 is 2.23 bits per heavy atom. The zero-order chi connectivity index (χ0) is 25.2. The van der Waals surface area contributed by atoms with Gasteiger partial charge in [0.1, 0.15) is 12.2 Å². The topological polar surface area (TPSA) is 61.3 Å². The van der Waals surface area contributed by atoms with Gasteiger partial charge < -0.3 is 9.47 Å². The zero-order valence-corrected chi connectivity index (χ0v) is 23.5. The Morgan fingerprint density at radius 1 is 0.914 bits per heavy atom. The van der Waals surface area contributed by atoms with E-state index in [-0.39, 0.29) is 5.97 Å². The van der Waals surface area contributed by atoms with Crippen molar-refractivity contribution in [1.82, 2.24) is 8.75 Å². The molecule has 1 unspecified atom stereocenters. The summed E-state index contributed by atoms with van der Waals surface area (Å²) in [5, 5.41) is 0. The Balaban J connectivity index is 1.63. The van der Waals surface area contributed by atoms with Gasteiger partial charge in [-0.25, -0.2) is 0 Å². The molecule has 0 saturated heterocycles. The molecule has 0 amide bonds. The Kier molecular flexibility index (Phi) is 15.2. The highest BCUT2D eigenvalue weighted by atomic mass is 32.1. The van der Waals surface area contributed by atoms with Gasteiger partial charge in [0.05, 0.1) is 31.9 Å². The van der Waals surface area contributed by atoms with Crippen LogP contribution < -0.4 is 4.74 Å². The molecule has 35 heavy (non-hydrogen) atoms. The average Bonchev–Trinajstić information content (AvgIpc) is 3.32. The van der Waals surface area contributed by atoms with E-state index < -0.39 is 0 Å².